The maximum absolute atomic E-state index is 10.4. The lowest BCUT2D eigenvalue weighted by Crippen LogP contribution is -2.27. The zero-order valence-electron chi connectivity index (χ0n) is 8.25. The van der Waals surface area contributed by atoms with Crippen LogP contribution < -0.4 is 5.32 Å². The molecule has 0 aliphatic carbocycles. The molecule has 0 aromatic heterocycles. The summed E-state index contributed by atoms with van der Waals surface area (Å²) in [4.78, 5) is 10.4. The van der Waals surface area contributed by atoms with Crippen molar-refractivity contribution in [2.75, 3.05) is 32.8 Å². The summed E-state index contributed by atoms with van der Waals surface area (Å²) in [6, 6.07) is 0. The van der Waals surface area contributed by atoms with E-state index >= 15 is 0 Å². The van der Waals surface area contributed by atoms with E-state index in [2.05, 4.69) is 5.32 Å². The first-order valence-corrected chi connectivity index (χ1v) is 4.42. The van der Waals surface area contributed by atoms with E-state index in [4.69, 9.17) is 9.94 Å². The molecule has 0 bridgehead atoms. The summed E-state index contributed by atoms with van der Waals surface area (Å²) in [5, 5.41) is 12.8. The van der Waals surface area contributed by atoms with Gasteiger partial charge in [0.05, 0.1) is 13.2 Å². The van der Waals surface area contributed by atoms with E-state index in [9.17, 15) is 4.79 Å². The summed E-state index contributed by atoms with van der Waals surface area (Å²) >= 11 is 0. The van der Waals surface area contributed by atoms with Crippen LogP contribution in [0.4, 0.5) is 0 Å². The van der Waals surface area contributed by atoms with Crippen molar-refractivity contribution >= 4 is 5.91 Å². The first-order chi connectivity index (χ1) is 6.16. The predicted octanol–water partition coefficient (Wildman–Crippen LogP) is -0.150. The second kappa shape index (κ2) is 7.97. The van der Waals surface area contributed by atoms with Crippen LogP contribution in [0.5, 0.6) is 0 Å². The van der Waals surface area contributed by atoms with Crippen LogP contribution in [0.1, 0.15) is 13.8 Å². The van der Waals surface area contributed by atoms with Gasteiger partial charge in [-0.2, -0.15) is 5.06 Å². The van der Waals surface area contributed by atoms with Crippen molar-refractivity contribution in [1.82, 2.24) is 10.4 Å². The Morgan fingerprint density at radius 1 is 1.54 bits per heavy atom. The molecule has 78 valence electrons. The molecule has 0 aromatic rings. The van der Waals surface area contributed by atoms with E-state index < -0.39 is 0 Å². The van der Waals surface area contributed by atoms with Crippen LogP contribution in [0.15, 0.2) is 0 Å². The Hall–Kier alpha value is -0.650. The van der Waals surface area contributed by atoms with Crippen LogP contribution in [0.3, 0.4) is 0 Å². The van der Waals surface area contributed by atoms with Crippen molar-refractivity contribution in [3.63, 3.8) is 0 Å². The van der Waals surface area contributed by atoms with Crippen LogP contribution in [-0.2, 0) is 9.53 Å². The molecule has 0 heterocycles. The third-order valence-electron chi connectivity index (χ3n) is 1.48. The summed E-state index contributed by atoms with van der Waals surface area (Å²) in [5.41, 5.74) is 0. The van der Waals surface area contributed by atoms with Gasteiger partial charge in [-0.15, -0.1) is 0 Å². The highest BCUT2D eigenvalue weighted by atomic mass is 16.5. The molecule has 0 saturated heterocycles. The molecule has 1 amide bonds. The van der Waals surface area contributed by atoms with E-state index in [0.29, 0.717) is 32.8 Å². The van der Waals surface area contributed by atoms with Gasteiger partial charge in [0.25, 0.3) is 0 Å². The number of nitrogens with one attached hydrogen (secondary N) is 1. The average molecular weight is 190 g/mol. The summed E-state index contributed by atoms with van der Waals surface area (Å²) in [7, 11) is 0. The molecule has 0 saturated carbocycles. The summed E-state index contributed by atoms with van der Waals surface area (Å²) in [5.74, 6) is -0.0547. The van der Waals surface area contributed by atoms with Gasteiger partial charge in [0, 0.05) is 26.6 Å². The van der Waals surface area contributed by atoms with Crippen molar-refractivity contribution < 1.29 is 14.7 Å². The molecule has 0 aliphatic rings. The molecule has 0 aliphatic heterocycles. The number of hydroxylamine groups is 2. The van der Waals surface area contributed by atoms with Gasteiger partial charge in [0.15, 0.2) is 0 Å². The zero-order valence-corrected chi connectivity index (χ0v) is 8.25. The van der Waals surface area contributed by atoms with Gasteiger partial charge in [-0.3, -0.25) is 4.79 Å². The Morgan fingerprint density at radius 2 is 2.23 bits per heavy atom. The van der Waals surface area contributed by atoms with E-state index in [0.717, 1.165) is 0 Å². The van der Waals surface area contributed by atoms with Gasteiger partial charge in [-0.25, -0.2) is 0 Å². The fourth-order valence-electron chi connectivity index (χ4n) is 0.729. The molecule has 2 N–H and O–H groups in total. The molecule has 13 heavy (non-hydrogen) atoms. The van der Waals surface area contributed by atoms with Crippen LogP contribution in [0.25, 0.3) is 0 Å². The number of carbonyl (C=O) groups excluding carboxylic acids is 1. The summed E-state index contributed by atoms with van der Waals surface area (Å²) in [6.45, 7) is 5.89. The Morgan fingerprint density at radius 3 is 2.77 bits per heavy atom. The van der Waals surface area contributed by atoms with E-state index in [1.165, 1.54) is 12.0 Å². The second-order valence-electron chi connectivity index (χ2n) is 2.64. The number of nitrogens with zero attached hydrogens (tertiary/aromatic N) is 1. The highest BCUT2D eigenvalue weighted by molar-refractivity contribution is 5.72. The highest BCUT2D eigenvalue weighted by Gasteiger charge is 1.95. The van der Waals surface area contributed by atoms with Crippen LogP contribution >= 0.6 is 0 Å². The smallest absolute Gasteiger partial charge is 0.216 e. The third kappa shape index (κ3) is 9.26. The number of ether oxygens (including phenoxy) is 1. The van der Waals surface area contributed by atoms with Crippen LogP contribution in [-0.4, -0.2) is 49.0 Å². The molecular formula is C8H18N2O3. The largest absolute Gasteiger partial charge is 0.378 e. The quantitative estimate of drug-likeness (QED) is 0.433. The highest BCUT2D eigenvalue weighted by Crippen LogP contribution is 1.81. The Bertz CT molecular complexity index is 141. The average Bonchev–Trinajstić information content (AvgIpc) is 2.10. The van der Waals surface area contributed by atoms with E-state index in [1.54, 1.807) is 0 Å². The van der Waals surface area contributed by atoms with Crippen molar-refractivity contribution in [2.24, 2.45) is 0 Å². The maximum atomic E-state index is 10.4. The standard InChI is InChI=1S/C8H18N2O3/c1-3-10(12)5-7-13-6-4-9-8(2)11/h12H,3-7H2,1-2H3,(H,9,11). The Balaban J connectivity index is 3.04. The van der Waals surface area contributed by atoms with E-state index in [-0.39, 0.29) is 5.91 Å². The molecule has 5 heteroatoms. The van der Waals surface area contributed by atoms with Crippen LogP contribution in [0.2, 0.25) is 0 Å². The molecule has 0 unspecified atom stereocenters. The van der Waals surface area contributed by atoms with Gasteiger partial charge in [0.2, 0.25) is 5.91 Å². The lowest BCUT2D eigenvalue weighted by Gasteiger charge is -2.11. The predicted molar refractivity (Wildman–Crippen MR) is 48.5 cm³/mol. The van der Waals surface area contributed by atoms with Crippen molar-refractivity contribution in [3.05, 3.63) is 0 Å². The molecule has 0 atom stereocenters. The minimum atomic E-state index is -0.0547. The molecule has 0 rings (SSSR count). The van der Waals surface area contributed by atoms with Crippen molar-refractivity contribution in [1.29, 1.82) is 0 Å². The van der Waals surface area contributed by atoms with Gasteiger partial charge in [-0.05, 0) is 0 Å². The van der Waals surface area contributed by atoms with Crippen molar-refractivity contribution in [3.8, 4) is 0 Å². The lowest BCUT2D eigenvalue weighted by molar-refractivity contribution is -0.119. The second-order valence-corrected chi connectivity index (χ2v) is 2.64. The number of carbonyl (C=O) groups is 1. The minimum absolute atomic E-state index is 0.0547. The SMILES string of the molecule is CCN(O)CCOCCNC(C)=O. The minimum Gasteiger partial charge on any atom is -0.378 e. The van der Waals surface area contributed by atoms with Gasteiger partial charge in [-0.1, -0.05) is 6.92 Å². The number of amides is 1. The first kappa shape index (κ1) is 12.3. The number of likely N-dealkylation sites (N-methyl/N-ethyl adjacent to an activating group) is 1. The fourth-order valence-corrected chi connectivity index (χ4v) is 0.729. The monoisotopic (exact) mass is 190 g/mol. The maximum Gasteiger partial charge on any atom is 0.216 e. The van der Waals surface area contributed by atoms with Gasteiger partial charge in [0.1, 0.15) is 0 Å². The molecule has 0 fully saturated rings. The van der Waals surface area contributed by atoms with Crippen molar-refractivity contribution in [2.45, 2.75) is 13.8 Å². The Labute approximate surface area is 78.6 Å². The molecule has 0 aromatic carbocycles. The number of rotatable bonds is 7. The lowest BCUT2D eigenvalue weighted by atomic mass is 10.6. The topological polar surface area (TPSA) is 61.8 Å². The summed E-state index contributed by atoms with van der Waals surface area (Å²) in [6.07, 6.45) is 0. The fraction of sp³-hybridized carbons (Fsp3) is 0.875. The van der Waals surface area contributed by atoms with Gasteiger partial charge < -0.3 is 15.3 Å². The molecular weight excluding hydrogens is 172 g/mol. The molecule has 0 radical (unpaired) electrons. The van der Waals surface area contributed by atoms with E-state index in [1.807, 2.05) is 6.92 Å². The zero-order chi connectivity index (χ0) is 10.1. The van der Waals surface area contributed by atoms with Gasteiger partial charge >= 0.3 is 0 Å². The summed E-state index contributed by atoms with van der Waals surface area (Å²) < 4.78 is 5.14. The number of hydrogen-bond acceptors (Lipinski definition) is 4. The molecule has 5 nitrogen and oxygen atoms in total. The normalized spacial score (nSPS) is 10.5. The third-order valence-corrected chi connectivity index (χ3v) is 1.48. The molecule has 0 spiro atoms. The van der Waals surface area contributed by atoms with Crippen LogP contribution in [0, 0.1) is 0 Å². The Kier molecular flexibility index (Phi) is 7.57. The number of hydrogen-bond donors (Lipinski definition) is 2. The first-order valence-electron chi connectivity index (χ1n) is 4.42.